The van der Waals surface area contributed by atoms with Gasteiger partial charge in [-0.15, -0.1) is 0 Å². The van der Waals surface area contributed by atoms with Gasteiger partial charge in [-0.1, -0.05) is 48.4 Å². The van der Waals surface area contributed by atoms with Crippen LogP contribution in [0.15, 0.2) is 67.0 Å². The lowest BCUT2D eigenvalue weighted by Crippen LogP contribution is -2.46. The Labute approximate surface area is 195 Å². The summed E-state index contributed by atoms with van der Waals surface area (Å²) in [7, 11) is 0. The summed E-state index contributed by atoms with van der Waals surface area (Å²) < 4.78 is 39.9. The van der Waals surface area contributed by atoms with Gasteiger partial charge in [-0.25, -0.2) is 0 Å². The summed E-state index contributed by atoms with van der Waals surface area (Å²) in [6, 6.07) is 14.4. The molecule has 1 aliphatic rings. The predicted molar refractivity (Wildman–Crippen MR) is 122 cm³/mol. The predicted octanol–water partition coefficient (Wildman–Crippen LogP) is 6.03. The van der Waals surface area contributed by atoms with Crippen LogP contribution in [0.1, 0.15) is 46.8 Å². The SMILES string of the molecule is O=C(NC(c1cccc(-c2cccnc2)c1)[C@@H]1CCCCN1)c1cccc(C(F)(F)F)c1Cl. The molecule has 0 radical (unpaired) electrons. The number of alkyl halides is 3. The van der Waals surface area contributed by atoms with E-state index in [1.807, 2.05) is 36.4 Å². The molecule has 2 N–H and O–H groups in total. The number of hydrogen-bond donors (Lipinski definition) is 2. The third kappa shape index (κ3) is 5.37. The first-order valence-electron chi connectivity index (χ1n) is 10.7. The number of pyridine rings is 1. The lowest BCUT2D eigenvalue weighted by molar-refractivity contribution is -0.137. The highest BCUT2D eigenvalue weighted by molar-refractivity contribution is 6.34. The maximum absolute atomic E-state index is 13.3. The fourth-order valence-corrected chi connectivity index (χ4v) is 4.49. The molecule has 2 heterocycles. The third-order valence-corrected chi connectivity index (χ3v) is 6.23. The Morgan fingerprint density at radius 1 is 1.09 bits per heavy atom. The Balaban J connectivity index is 1.68. The van der Waals surface area contributed by atoms with Crippen molar-refractivity contribution in [2.24, 2.45) is 0 Å². The maximum atomic E-state index is 13.3. The van der Waals surface area contributed by atoms with Crippen LogP contribution in [0, 0.1) is 0 Å². The van der Waals surface area contributed by atoms with Gasteiger partial charge in [-0.3, -0.25) is 9.78 Å². The third-order valence-electron chi connectivity index (χ3n) is 5.83. The zero-order chi connectivity index (χ0) is 23.4. The van der Waals surface area contributed by atoms with Crippen LogP contribution in [0.2, 0.25) is 5.02 Å². The molecule has 1 saturated heterocycles. The van der Waals surface area contributed by atoms with E-state index in [1.165, 1.54) is 12.1 Å². The van der Waals surface area contributed by atoms with Gasteiger partial charge < -0.3 is 10.6 Å². The first-order chi connectivity index (χ1) is 15.8. The van der Waals surface area contributed by atoms with Crippen LogP contribution in [-0.2, 0) is 6.18 Å². The molecule has 1 aliphatic heterocycles. The van der Waals surface area contributed by atoms with E-state index in [0.717, 1.165) is 48.6 Å². The molecule has 1 aromatic heterocycles. The van der Waals surface area contributed by atoms with E-state index in [1.54, 1.807) is 12.4 Å². The molecule has 1 unspecified atom stereocenters. The number of halogens is 4. The molecule has 0 bridgehead atoms. The molecule has 0 spiro atoms. The van der Waals surface area contributed by atoms with Gasteiger partial charge in [0.25, 0.3) is 5.91 Å². The summed E-state index contributed by atoms with van der Waals surface area (Å²) in [5.74, 6) is -0.643. The van der Waals surface area contributed by atoms with Crippen molar-refractivity contribution in [1.29, 1.82) is 0 Å². The second-order valence-electron chi connectivity index (χ2n) is 8.04. The molecule has 1 fully saturated rings. The average Bonchev–Trinajstić information content (AvgIpc) is 2.83. The summed E-state index contributed by atoms with van der Waals surface area (Å²) >= 11 is 6.01. The minimum atomic E-state index is -4.64. The maximum Gasteiger partial charge on any atom is 0.417 e. The fraction of sp³-hybridized carbons (Fsp3) is 0.280. The van der Waals surface area contributed by atoms with Crippen LogP contribution in [-0.4, -0.2) is 23.5 Å². The van der Waals surface area contributed by atoms with Gasteiger partial charge in [0, 0.05) is 18.4 Å². The van der Waals surface area contributed by atoms with Gasteiger partial charge in [-0.2, -0.15) is 13.2 Å². The van der Waals surface area contributed by atoms with Crippen molar-refractivity contribution < 1.29 is 18.0 Å². The van der Waals surface area contributed by atoms with E-state index >= 15 is 0 Å². The Kier molecular flexibility index (Phi) is 7.00. The number of carbonyl (C=O) groups excluding carboxylic acids is 1. The molecule has 8 heteroatoms. The molecule has 0 saturated carbocycles. The van der Waals surface area contributed by atoms with Crippen LogP contribution in [0.3, 0.4) is 0 Å². The summed E-state index contributed by atoms with van der Waals surface area (Å²) in [6.45, 7) is 0.809. The van der Waals surface area contributed by atoms with Crippen molar-refractivity contribution in [2.45, 2.75) is 37.5 Å². The molecule has 33 heavy (non-hydrogen) atoms. The van der Waals surface area contributed by atoms with E-state index in [2.05, 4.69) is 15.6 Å². The molecule has 0 aliphatic carbocycles. The van der Waals surface area contributed by atoms with Crippen LogP contribution >= 0.6 is 11.6 Å². The van der Waals surface area contributed by atoms with E-state index in [-0.39, 0.29) is 11.6 Å². The lowest BCUT2D eigenvalue weighted by atomic mass is 9.90. The minimum absolute atomic E-state index is 0.0589. The quantitative estimate of drug-likeness (QED) is 0.475. The molecule has 4 rings (SSSR count). The van der Waals surface area contributed by atoms with Crippen LogP contribution in [0.25, 0.3) is 11.1 Å². The number of hydrogen-bond acceptors (Lipinski definition) is 3. The monoisotopic (exact) mass is 473 g/mol. The number of amides is 1. The number of piperidine rings is 1. The normalized spacial score (nSPS) is 17.4. The second-order valence-corrected chi connectivity index (χ2v) is 8.42. The van der Waals surface area contributed by atoms with Gasteiger partial charge >= 0.3 is 6.18 Å². The molecular weight excluding hydrogens is 451 g/mol. The van der Waals surface area contributed by atoms with E-state index < -0.39 is 28.7 Å². The van der Waals surface area contributed by atoms with Gasteiger partial charge in [0.05, 0.1) is 22.2 Å². The fourth-order valence-electron chi connectivity index (χ4n) is 4.17. The Bertz CT molecular complexity index is 1120. The standard InChI is InChI=1S/C25H23ClF3N3O/c26-22-19(9-4-10-20(22)25(27,28)29)24(33)32-23(21-11-1-2-13-31-21)17-7-3-6-16(14-17)18-8-5-12-30-15-18/h3-10,12,14-15,21,23,31H,1-2,11,13H2,(H,32,33)/t21-,23?/m0/s1. The number of nitrogens with one attached hydrogen (secondary N) is 2. The molecule has 172 valence electrons. The van der Waals surface area contributed by atoms with Gasteiger partial charge in [0.2, 0.25) is 0 Å². The number of aromatic nitrogens is 1. The second kappa shape index (κ2) is 9.93. The van der Waals surface area contributed by atoms with Crippen molar-refractivity contribution in [3.05, 3.63) is 88.7 Å². The molecule has 2 aromatic carbocycles. The number of rotatable bonds is 5. The highest BCUT2D eigenvalue weighted by atomic mass is 35.5. The van der Waals surface area contributed by atoms with E-state index in [0.29, 0.717) is 0 Å². The van der Waals surface area contributed by atoms with Crippen molar-refractivity contribution in [3.63, 3.8) is 0 Å². The molecule has 4 nitrogen and oxygen atoms in total. The zero-order valence-corrected chi connectivity index (χ0v) is 18.5. The van der Waals surface area contributed by atoms with Gasteiger partial charge in [-0.05, 0) is 60.3 Å². The lowest BCUT2D eigenvalue weighted by Gasteiger charge is -2.32. The topological polar surface area (TPSA) is 54.0 Å². The zero-order valence-electron chi connectivity index (χ0n) is 17.7. The first-order valence-corrected chi connectivity index (χ1v) is 11.1. The first kappa shape index (κ1) is 23.3. The molecular formula is C25H23ClF3N3O. The molecule has 2 atom stereocenters. The summed E-state index contributed by atoms with van der Waals surface area (Å²) in [5.41, 5.74) is 1.50. The number of carbonyl (C=O) groups is 1. The highest BCUT2D eigenvalue weighted by Crippen LogP contribution is 2.36. The average molecular weight is 474 g/mol. The van der Waals surface area contributed by atoms with Crippen molar-refractivity contribution >= 4 is 17.5 Å². The molecule has 1 amide bonds. The van der Waals surface area contributed by atoms with Gasteiger partial charge in [0.1, 0.15) is 0 Å². The van der Waals surface area contributed by atoms with Crippen molar-refractivity contribution in [2.75, 3.05) is 6.54 Å². The van der Waals surface area contributed by atoms with Crippen LogP contribution in [0.4, 0.5) is 13.2 Å². The smallest absolute Gasteiger partial charge is 0.344 e. The Hall–Kier alpha value is -2.90. The van der Waals surface area contributed by atoms with E-state index in [4.69, 9.17) is 11.6 Å². The minimum Gasteiger partial charge on any atom is -0.344 e. The summed E-state index contributed by atoms with van der Waals surface area (Å²) in [4.78, 5) is 17.3. The molecule has 3 aromatic rings. The number of nitrogens with zero attached hydrogens (tertiary/aromatic N) is 1. The largest absolute Gasteiger partial charge is 0.417 e. The van der Waals surface area contributed by atoms with Crippen molar-refractivity contribution in [1.82, 2.24) is 15.6 Å². The number of benzene rings is 2. The summed E-state index contributed by atoms with van der Waals surface area (Å²) in [5, 5.41) is 5.80. The van der Waals surface area contributed by atoms with Crippen molar-refractivity contribution in [3.8, 4) is 11.1 Å². The van der Waals surface area contributed by atoms with Crippen LogP contribution < -0.4 is 10.6 Å². The Morgan fingerprint density at radius 3 is 2.58 bits per heavy atom. The van der Waals surface area contributed by atoms with E-state index in [9.17, 15) is 18.0 Å². The Morgan fingerprint density at radius 2 is 1.88 bits per heavy atom. The van der Waals surface area contributed by atoms with Gasteiger partial charge in [0.15, 0.2) is 0 Å². The highest BCUT2D eigenvalue weighted by Gasteiger charge is 2.35. The summed E-state index contributed by atoms with van der Waals surface area (Å²) in [6.07, 6.45) is 1.67. The van der Waals surface area contributed by atoms with Crippen LogP contribution in [0.5, 0.6) is 0 Å².